The molecule has 7 nitrogen and oxygen atoms in total. The van der Waals surface area contributed by atoms with Gasteiger partial charge in [-0.05, 0) is 0 Å². The Kier molecular flexibility index (Phi) is 2.36. The zero-order chi connectivity index (χ0) is 10.8. The zero-order valence-corrected chi connectivity index (χ0v) is 8.30. The Hall–Kier alpha value is -1.92. The van der Waals surface area contributed by atoms with Crippen molar-refractivity contribution in [2.45, 2.75) is 0 Å². The van der Waals surface area contributed by atoms with Crippen molar-refractivity contribution in [3.05, 3.63) is 12.2 Å². The van der Waals surface area contributed by atoms with E-state index in [2.05, 4.69) is 15.2 Å². The number of hydrogen-bond donors (Lipinski definition) is 1. The van der Waals surface area contributed by atoms with Crippen LogP contribution in [0, 0.1) is 0 Å². The van der Waals surface area contributed by atoms with E-state index in [1.165, 1.54) is 11.2 Å². The molecule has 1 aromatic rings. The second-order valence-electron chi connectivity index (χ2n) is 3.38. The molecule has 1 aromatic heterocycles. The number of rotatable bonds is 1. The number of piperazine rings is 1. The number of H-pyrrole nitrogens is 1. The molecule has 0 radical (unpaired) electrons. The van der Waals surface area contributed by atoms with E-state index in [-0.39, 0.29) is 24.2 Å². The first-order chi connectivity index (χ1) is 7.18. The summed E-state index contributed by atoms with van der Waals surface area (Å²) in [7, 11) is 1.72. The van der Waals surface area contributed by atoms with Crippen LogP contribution in [-0.4, -0.2) is 63.5 Å². The van der Waals surface area contributed by atoms with Crippen LogP contribution in [0.3, 0.4) is 0 Å². The molecule has 7 heteroatoms. The molecule has 0 aromatic carbocycles. The fourth-order valence-corrected chi connectivity index (χ4v) is 1.39. The molecule has 1 fully saturated rings. The molecule has 0 spiro atoms. The second-order valence-corrected chi connectivity index (χ2v) is 3.38. The quantitative estimate of drug-likeness (QED) is 0.624. The maximum atomic E-state index is 11.7. The van der Waals surface area contributed by atoms with Crippen LogP contribution < -0.4 is 0 Å². The number of likely N-dealkylation sites (N-methyl/N-ethyl adjacent to an activating group) is 1. The van der Waals surface area contributed by atoms with Gasteiger partial charge in [0, 0.05) is 20.1 Å². The van der Waals surface area contributed by atoms with E-state index in [0.29, 0.717) is 13.1 Å². The summed E-state index contributed by atoms with van der Waals surface area (Å²) >= 11 is 0. The second kappa shape index (κ2) is 3.68. The number of carbonyl (C=O) groups excluding carboxylic acids is 2. The van der Waals surface area contributed by atoms with E-state index < -0.39 is 0 Å². The lowest BCUT2D eigenvalue weighted by Gasteiger charge is -2.31. The normalized spacial score (nSPS) is 17.0. The Bertz CT molecular complexity index is 374. The van der Waals surface area contributed by atoms with Gasteiger partial charge in [-0.3, -0.25) is 14.7 Å². The molecule has 80 valence electrons. The first-order valence-corrected chi connectivity index (χ1v) is 4.57. The summed E-state index contributed by atoms with van der Waals surface area (Å²) < 4.78 is 0. The Labute approximate surface area is 86.1 Å². The highest BCUT2D eigenvalue weighted by atomic mass is 16.2. The molecule has 2 amide bonds. The van der Waals surface area contributed by atoms with Crippen molar-refractivity contribution in [1.82, 2.24) is 25.0 Å². The van der Waals surface area contributed by atoms with Gasteiger partial charge in [-0.2, -0.15) is 5.10 Å². The van der Waals surface area contributed by atoms with Gasteiger partial charge in [-0.25, -0.2) is 4.98 Å². The lowest BCUT2D eigenvalue weighted by Crippen LogP contribution is -2.50. The number of nitrogens with zero attached hydrogens (tertiary/aromatic N) is 4. The molecule has 0 bridgehead atoms. The summed E-state index contributed by atoms with van der Waals surface area (Å²) in [6.07, 6.45) is 1.27. The number of aromatic amines is 1. The molecule has 1 N–H and O–H groups in total. The van der Waals surface area contributed by atoms with Crippen molar-refractivity contribution in [2.75, 3.05) is 26.7 Å². The van der Waals surface area contributed by atoms with Gasteiger partial charge in [0.15, 0.2) is 0 Å². The van der Waals surface area contributed by atoms with Gasteiger partial charge in [0.2, 0.25) is 11.7 Å². The standard InChI is InChI=1S/C8H11N5O2/c1-12-2-3-13(4-6(12)14)8(15)7-9-5-10-11-7/h5H,2-4H2,1H3,(H,9,10,11). The highest BCUT2D eigenvalue weighted by Gasteiger charge is 2.26. The fourth-order valence-electron chi connectivity index (χ4n) is 1.39. The summed E-state index contributed by atoms with van der Waals surface area (Å²) in [6.45, 7) is 1.19. The third-order valence-electron chi connectivity index (χ3n) is 2.36. The molecule has 15 heavy (non-hydrogen) atoms. The third-order valence-corrected chi connectivity index (χ3v) is 2.36. The summed E-state index contributed by atoms with van der Waals surface area (Å²) in [5.74, 6) is -0.171. The minimum Gasteiger partial charge on any atom is -0.342 e. The first kappa shape index (κ1) is 9.63. The molecular formula is C8H11N5O2. The van der Waals surface area contributed by atoms with Crippen molar-refractivity contribution >= 4 is 11.8 Å². The predicted molar refractivity (Wildman–Crippen MR) is 49.9 cm³/mol. The van der Waals surface area contributed by atoms with Crippen LogP contribution in [-0.2, 0) is 4.79 Å². The maximum Gasteiger partial charge on any atom is 0.291 e. The average molecular weight is 209 g/mol. The van der Waals surface area contributed by atoms with Crippen LogP contribution in [0.4, 0.5) is 0 Å². The van der Waals surface area contributed by atoms with Crippen LogP contribution in [0.1, 0.15) is 10.6 Å². The number of carbonyl (C=O) groups is 2. The van der Waals surface area contributed by atoms with Gasteiger partial charge in [0.05, 0.1) is 0 Å². The van der Waals surface area contributed by atoms with Gasteiger partial charge in [0.1, 0.15) is 12.9 Å². The van der Waals surface area contributed by atoms with Crippen molar-refractivity contribution < 1.29 is 9.59 Å². The van der Waals surface area contributed by atoms with Crippen molar-refractivity contribution in [3.63, 3.8) is 0 Å². The summed E-state index contributed by atoms with van der Waals surface area (Å²) in [6, 6.07) is 0. The minimum absolute atomic E-state index is 0.0610. The highest BCUT2D eigenvalue weighted by Crippen LogP contribution is 2.04. The average Bonchev–Trinajstić information content (AvgIpc) is 2.74. The number of amides is 2. The highest BCUT2D eigenvalue weighted by molar-refractivity contribution is 5.93. The predicted octanol–water partition coefficient (Wildman–Crippen LogP) is -1.28. The summed E-state index contributed by atoms with van der Waals surface area (Å²) in [5, 5.41) is 6.08. The lowest BCUT2D eigenvalue weighted by atomic mass is 10.3. The third kappa shape index (κ3) is 1.80. The fraction of sp³-hybridized carbons (Fsp3) is 0.500. The lowest BCUT2D eigenvalue weighted by molar-refractivity contribution is -0.133. The first-order valence-electron chi connectivity index (χ1n) is 4.57. The van der Waals surface area contributed by atoms with Crippen LogP contribution in [0.5, 0.6) is 0 Å². The van der Waals surface area contributed by atoms with Crippen LogP contribution in [0.15, 0.2) is 6.33 Å². The summed E-state index contributed by atoms with van der Waals surface area (Å²) in [4.78, 5) is 29.9. The van der Waals surface area contributed by atoms with E-state index in [1.807, 2.05) is 0 Å². The molecule has 0 aliphatic carbocycles. The van der Waals surface area contributed by atoms with E-state index in [9.17, 15) is 9.59 Å². The molecule has 1 saturated heterocycles. The zero-order valence-electron chi connectivity index (χ0n) is 8.30. The number of hydrogen-bond acceptors (Lipinski definition) is 4. The molecule has 0 saturated carbocycles. The van der Waals surface area contributed by atoms with Crippen LogP contribution >= 0.6 is 0 Å². The molecule has 2 rings (SSSR count). The topological polar surface area (TPSA) is 82.2 Å². The van der Waals surface area contributed by atoms with Crippen molar-refractivity contribution in [2.24, 2.45) is 0 Å². The Balaban J connectivity index is 2.07. The number of nitrogens with one attached hydrogen (secondary N) is 1. The SMILES string of the molecule is CN1CCN(C(=O)c2ncn[nH]2)CC1=O. The van der Waals surface area contributed by atoms with Gasteiger partial charge < -0.3 is 9.80 Å². The molecule has 1 aliphatic heterocycles. The van der Waals surface area contributed by atoms with Crippen molar-refractivity contribution in [1.29, 1.82) is 0 Å². The summed E-state index contributed by atoms with van der Waals surface area (Å²) in [5.41, 5.74) is 0. The minimum atomic E-state index is -0.283. The molecular weight excluding hydrogens is 198 g/mol. The molecule has 0 unspecified atom stereocenters. The smallest absolute Gasteiger partial charge is 0.291 e. The molecule has 0 atom stereocenters. The molecule has 1 aliphatic rings. The van der Waals surface area contributed by atoms with E-state index in [4.69, 9.17) is 0 Å². The largest absolute Gasteiger partial charge is 0.342 e. The van der Waals surface area contributed by atoms with E-state index in [0.717, 1.165) is 0 Å². The van der Waals surface area contributed by atoms with E-state index in [1.54, 1.807) is 11.9 Å². The van der Waals surface area contributed by atoms with Gasteiger partial charge in [0.25, 0.3) is 5.91 Å². The Morgan fingerprint density at radius 1 is 1.53 bits per heavy atom. The monoisotopic (exact) mass is 209 g/mol. The van der Waals surface area contributed by atoms with Gasteiger partial charge >= 0.3 is 0 Å². The van der Waals surface area contributed by atoms with Crippen LogP contribution in [0.25, 0.3) is 0 Å². The van der Waals surface area contributed by atoms with Crippen LogP contribution in [0.2, 0.25) is 0 Å². The van der Waals surface area contributed by atoms with Gasteiger partial charge in [-0.15, -0.1) is 0 Å². The number of aromatic nitrogens is 3. The Morgan fingerprint density at radius 3 is 2.93 bits per heavy atom. The molecule has 2 heterocycles. The van der Waals surface area contributed by atoms with E-state index >= 15 is 0 Å². The maximum absolute atomic E-state index is 11.7. The van der Waals surface area contributed by atoms with Crippen molar-refractivity contribution in [3.8, 4) is 0 Å². The Morgan fingerprint density at radius 2 is 2.33 bits per heavy atom. The van der Waals surface area contributed by atoms with Gasteiger partial charge in [-0.1, -0.05) is 0 Å².